The molecule has 0 aliphatic carbocycles. The van der Waals surface area contributed by atoms with E-state index in [0.717, 1.165) is 29.7 Å². The molecule has 0 aliphatic rings. The van der Waals surface area contributed by atoms with Crippen molar-refractivity contribution in [1.82, 2.24) is 0 Å². The number of aliphatic hydroxyl groups is 1. The van der Waals surface area contributed by atoms with Gasteiger partial charge in [0.15, 0.2) is 0 Å². The molecule has 0 fully saturated rings. The van der Waals surface area contributed by atoms with E-state index < -0.39 is 0 Å². The van der Waals surface area contributed by atoms with Gasteiger partial charge in [-0.3, -0.25) is 0 Å². The Morgan fingerprint density at radius 3 is 1.74 bits per heavy atom. The summed E-state index contributed by atoms with van der Waals surface area (Å²) in [6, 6.07) is 4.31. The van der Waals surface area contributed by atoms with Crippen LogP contribution >= 0.6 is 11.8 Å². The first-order valence-corrected chi connectivity index (χ1v) is 9.67. The van der Waals surface area contributed by atoms with Crippen LogP contribution in [-0.4, -0.2) is 22.6 Å². The number of hydrogen-bond acceptors (Lipinski definition) is 3. The van der Waals surface area contributed by atoms with E-state index in [1.54, 1.807) is 0 Å². The highest BCUT2D eigenvalue weighted by Crippen LogP contribution is 2.41. The molecule has 132 valence electrons. The average molecular weight is 339 g/mol. The second kappa shape index (κ2) is 8.43. The molecule has 0 spiro atoms. The van der Waals surface area contributed by atoms with Crippen LogP contribution in [0.3, 0.4) is 0 Å². The smallest absolute Gasteiger partial charge is 0.123 e. The Morgan fingerprint density at radius 1 is 0.826 bits per heavy atom. The summed E-state index contributed by atoms with van der Waals surface area (Å²) in [5, 5.41) is 19.5. The van der Waals surface area contributed by atoms with E-state index in [-0.39, 0.29) is 10.8 Å². The fourth-order valence-corrected chi connectivity index (χ4v) is 3.58. The van der Waals surface area contributed by atoms with Gasteiger partial charge in [-0.25, -0.2) is 0 Å². The largest absolute Gasteiger partial charge is 0.507 e. The quantitative estimate of drug-likeness (QED) is 0.500. The second-order valence-corrected chi connectivity index (χ2v) is 9.52. The molecule has 1 aromatic rings. The number of unbranched alkanes of at least 4 members (excludes halogenated alkanes) is 3. The number of benzene rings is 1. The highest BCUT2D eigenvalue weighted by Gasteiger charge is 2.26. The summed E-state index contributed by atoms with van der Waals surface area (Å²) in [7, 11) is 0. The maximum atomic E-state index is 10.7. The van der Waals surface area contributed by atoms with E-state index in [2.05, 4.69) is 53.7 Å². The Bertz CT molecular complexity index is 460. The van der Waals surface area contributed by atoms with Crippen LogP contribution in [0, 0.1) is 0 Å². The van der Waals surface area contributed by atoms with E-state index in [9.17, 15) is 5.11 Å². The molecule has 23 heavy (non-hydrogen) atoms. The average Bonchev–Trinajstić information content (AvgIpc) is 2.41. The van der Waals surface area contributed by atoms with Gasteiger partial charge in [0.2, 0.25) is 0 Å². The van der Waals surface area contributed by atoms with Crippen LogP contribution in [0.25, 0.3) is 0 Å². The zero-order valence-corrected chi connectivity index (χ0v) is 16.5. The molecule has 1 rings (SSSR count). The maximum Gasteiger partial charge on any atom is 0.123 e. The van der Waals surface area contributed by atoms with Crippen molar-refractivity contribution in [2.75, 3.05) is 12.4 Å². The van der Waals surface area contributed by atoms with Crippen molar-refractivity contribution in [2.24, 2.45) is 0 Å². The topological polar surface area (TPSA) is 40.5 Å². The van der Waals surface area contributed by atoms with Crippen molar-refractivity contribution >= 4 is 11.8 Å². The molecule has 2 N–H and O–H groups in total. The van der Waals surface area contributed by atoms with Crippen LogP contribution in [0.4, 0.5) is 0 Å². The third-order valence-electron chi connectivity index (χ3n) is 4.02. The van der Waals surface area contributed by atoms with Gasteiger partial charge in [0, 0.05) is 22.6 Å². The van der Waals surface area contributed by atoms with Crippen molar-refractivity contribution in [3.8, 4) is 5.75 Å². The standard InChI is InChI=1S/C20H34O2S/c1-19(2,3)16-13-15(23-12-10-8-7-9-11-21)14-17(18(16)22)20(4,5)6/h13-14,21-22H,7-12H2,1-6H3. The van der Waals surface area contributed by atoms with Crippen molar-refractivity contribution in [2.45, 2.75) is 83.0 Å². The van der Waals surface area contributed by atoms with Gasteiger partial charge in [-0.2, -0.15) is 0 Å². The van der Waals surface area contributed by atoms with E-state index in [0.29, 0.717) is 12.4 Å². The van der Waals surface area contributed by atoms with Crippen LogP contribution in [-0.2, 0) is 10.8 Å². The fourth-order valence-electron chi connectivity index (χ4n) is 2.59. The number of phenolic OH excluding ortho intramolecular Hbond substituents is 1. The zero-order valence-electron chi connectivity index (χ0n) is 15.7. The number of aliphatic hydroxyl groups excluding tert-OH is 1. The lowest BCUT2D eigenvalue weighted by Crippen LogP contribution is -2.17. The molecule has 0 radical (unpaired) electrons. The first kappa shape index (κ1) is 20.4. The first-order chi connectivity index (χ1) is 10.6. The van der Waals surface area contributed by atoms with Crippen LogP contribution in [0.2, 0.25) is 0 Å². The Morgan fingerprint density at radius 2 is 1.30 bits per heavy atom. The number of hydrogen-bond donors (Lipinski definition) is 2. The van der Waals surface area contributed by atoms with Gasteiger partial charge < -0.3 is 10.2 Å². The third kappa shape index (κ3) is 6.39. The van der Waals surface area contributed by atoms with Gasteiger partial charge in [-0.1, -0.05) is 54.4 Å². The molecule has 0 amide bonds. The van der Waals surface area contributed by atoms with Gasteiger partial charge in [-0.15, -0.1) is 11.8 Å². The van der Waals surface area contributed by atoms with Crippen LogP contribution in [0.5, 0.6) is 5.75 Å². The van der Waals surface area contributed by atoms with Crippen molar-refractivity contribution in [3.63, 3.8) is 0 Å². The SMILES string of the molecule is CC(C)(C)c1cc(SCCCCCCO)cc(C(C)(C)C)c1O. The molecule has 0 bridgehead atoms. The van der Waals surface area contributed by atoms with Crippen LogP contribution < -0.4 is 0 Å². The Balaban J connectivity index is 2.91. The number of thioether (sulfide) groups is 1. The molecule has 0 aliphatic heterocycles. The van der Waals surface area contributed by atoms with Crippen molar-refractivity contribution in [1.29, 1.82) is 0 Å². The highest BCUT2D eigenvalue weighted by atomic mass is 32.2. The third-order valence-corrected chi connectivity index (χ3v) is 5.08. The predicted octanol–water partition coefficient (Wildman–Crippen LogP) is 5.63. The molecule has 0 heterocycles. The first-order valence-electron chi connectivity index (χ1n) is 8.69. The van der Waals surface area contributed by atoms with Crippen molar-refractivity contribution in [3.05, 3.63) is 23.3 Å². The molecule has 0 unspecified atom stereocenters. The van der Waals surface area contributed by atoms with Crippen LogP contribution in [0.15, 0.2) is 17.0 Å². The minimum atomic E-state index is -0.0677. The molecule has 0 saturated heterocycles. The monoisotopic (exact) mass is 338 g/mol. The number of phenols is 1. The van der Waals surface area contributed by atoms with Crippen LogP contribution in [0.1, 0.15) is 78.4 Å². The van der Waals surface area contributed by atoms with E-state index in [1.165, 1.54) is 17.7 Å². The molecule has 0 saturated carbocycles. The second-order valence-electron chi connectivity index (χ2n) is 8.35. The summed E-state index contributed by atoms with van der Waals surface area (Å²) < 4.78 is 0. The lowest BCUT2D eigenvalue weighted by Gasteiger charge is -2.28. The Labute approximate surface area is 146 Å². The van der Waals surface area contributed by atoms with Gasteiger partial charge in [0.1, 0.15) is 5.75 Å². The molecule has 3 heteroatoms. The molecular formula is C20H34O2S. The summed E-state index contributed by atoms with van der Waals surface area (Å²) in [5.41, 5.74) is 1.93. The van der Waals surface area contributed by atoms with Crippen molar-refractivity contribution < 1.29 is 10.2 Å². The van der Waals surface area contributed by atoms with Gasteiger partial charge >= 0.3 is 0 Å². The minimum Gasteiger partial charge on any atom is -0.507 e. The molecular weight excluding hydrogens is 304 g/mol. The maximum absolute atomic E-state index is 10.7. The summed E-state index contributed by atoms with van der Waals surface area (Å²) in [4.78, 5) is 1.25. The lowest BCUT2D eigenvalue weighted by atomic mass is 9.79. The predicted molar refractivity (Wildman–Crippen MR) is 102 cm³/mol. The number of aromatic hydroxyl groups is 1. The Kier molecular flexibility index (Phi) is 7.47. The summed E-state index contributed by atoms with van der Waals surface area (Å²) in [6.07, 6.45) is 4.35. The lowest BCUT2D eigenvalue weighted by molar-refractivity contribution is 0.283. The summed E-state index contributed by atoms with van der Waals surface area (Å²) >= 11 is 1.87. The van der Waals surface area contributed by atoms with Gasteiger partial charge in [0.25, 0.3) is 0 Å². The summed E-state index contributed by atoms with van der Waals surface area (Å²) in [5.74, 6) is 1.54. The normalized spacial score (nSPS) is 12.7. The highest BCUT2D eigenvalue weighted by molar-refractivity contribution is 7.99. The fraction of sp³-hybridized carbons (Fsp3) is 0.700. The molecule has 0 aromatic heterocycles. The van der Waals surface area contributed by atoms with Gasteiger partial charge in [0.05, 0.1) is 0 Å². The summed E-state index contributed by atoms with van der Waals surface area (Å²) in [6.45, 7) is 13.2. The van der Waals surface area contributed by atoms with E-state index >= 15 is 0 Å². The zero-order chi connectivity index (χ0) is 17.7. The van der Waals surface area contributed by atoms with E-state index in [1.807, 2.05) is 11.8 Å². The minimum absolute atomic E-state index is 0.0677. The van der Waals surface area contributed by atoms with E-state index in [4.69, 9.17) is 5.11 Å². The molecule has 1 aromatic carbocycles. The number of rotatable bonds is 7. The Hall–Kier alpha value is -0.670. The molecule has 0 atom stereocenters. The van der Waals surface area contributed by atoms with Gasteiger partial charge in [-0.05, 0) is 41.6 Å². The molecule has 2 nitrogen and oxygen atoms in total.